The number of rotatable bonds is 9. The van der Waals surface area contributed by atoms with Crippen LogP contribution in [0.1, 0.15) is 18.7 Å². The van der Waals surface area contributed by atoms with E-state index >= 15 is 0 Å². The summed E-state index contributed by atoms with van der Waals surface area (Å²) < 4.78 is 26.3. The molecular formula is C14H22N2O2S2. The second-order valence-corrected chi connectivity index (χ2v) is 7.62. The fourth-order valence-corrected chi connectivity index (χ4v) is 4.20. The largest absolute Gasteiger partial charge is 0.310 e. The van der Waals surface area contributed by atoms with E-state index in [4.69, 9.17) is 0 Å². The van der Waals surface area contributed by atoms with Crippen LogP contribution in [0.25, 0.3) is 0 Å². The highest BCUT2D eigenvalue weighted by molar-refractivity contribution is 7.89. The van der Waals surface area contributed by atoms with Gasteiger partial charge in [0.15, 0.2) is 0 Å². The van der Waals surface area contributed by atoms with Gasteiger partial charge in [-0.3, -0.25) is 0 Å². The number of nitrogens with zero attached hydrogens (tertiary/aromatic N) is 1. The molecule has 0 amide bonds. The molecule has 0 bridgehead atoms. The fourth-order valence-electron chi connectivity index (χ4n) is 1.60. The third-order valence-corrected chi connectivity index (χ3v) is 5.51. The van der Waals surface area contributed by atoms with E-state index in [1.165, 1.54) is 15.6 Å². The van der Waals surface area contributed by atoms with Crippen LogP contribution < -0.4 is 5.32 Å². The Morgan fingerprint density at radius 3 is 2.45 bits per heavy atom. The molecule has 6 heteroatoms. The first-order valence-electron chi connectivity index (χ1n) is 6.44. The molecule has 0 spiro atoms. The predicted octanol–water partition coefficient (Wildman–Crippen LogP) is 2.61. The van der Waals surface area contributed by atoms with Crippen molar-refractivity contribution in [3.05, 3.63) is 41.6 Å². The maximum Gasteiger partial charge on any atom is 0.244 e. The summed E-state index contributed by atoms with van der Waals surface area (Å²) in [6.07, 6.45) is 3.16. The van der Waals surface area contributed by atoms with Crippen LogP contribution in [0.2, 0.25) is 0 Å². The lowest BCUT2D eigenvalue weighted by atomic mass is 10.4. The second kappa shape index (κ2) is 7.73. The van der Waals surface area contributed by atoms with E-state index in [1.54, 1.807) is 23.6 Å². The SMILES string of the molecule is C=CCN(CC=C)S(=O)(=O)c1csc(CNC(C)C)c1. The summed E-state index contributed by atoms with van der Waals surface area (Å²) in [5.74, 6) is 0. The third-order valence-electron chi connectivity index (χ3n) is 2.62. The highest BCUT2D eigenvalue weighted by atomic mass is 32.2. The van der Waals surface area contributed by atoms with Crippen molar-refractivity contribution >= 4 is 21.4 Å². The highest BCUT2D eigenvalue weighted by Gasteiger charge is 2.23. The zero-order valence-corrected chi connectivity index (χ0v) is 13.6. The van der Waals surface area contributed by atoms with Crippen LogP contribution in [-0.2, 0) is 16.6 Å². The lowest BCUT2D eigenvalue weighted by Gasteiger charge is -2.17. The molecular weight excluding hydrogens is 292 g/mol. The average Bonchev–Trinajstić information content (AvgIpc) is 2.85. The van der Waals surface area contributed by atoms with Gasteiger partial charge in [0.05, 0.1) is 4.90 Å². The average molecular weight is 314 g/mol. The topological polar surface area (TPSA) is 49.4 Å². The summed E-state index contributed by atoms with van der Waals surface area (Å²) in [5, 5.41) is 4.96. The van der Waals surface area contributed by atoms with Gasteiger partial charge in [0.25, 0.3) is 0 Å². The molecule has 0 fully saturated rings. The smallest absolute Gasteiger partial charge is 0.244 e. The van der Waals surface area contributed by atoms with E-state index in [0.717, 1.165) is 4.88 Å². The molecule has 1 N–H and O–H groups in total. The van der Waals surface area contributed by atoms with E-state index in [2.05, 4.69) is 32.3 Å². The van der Waals surface area contributed by atoms with Crippen molar-refractivity contribution in [2.75, 3.05) is 13.1 Å². The summed E-state index contributed by atoms with van der Waals surface area (Å²) in [7, 11) is -3.47. The summed E-state index contributed by atoms with van der Waals surface area (Å²) in [6.45, 7) is 12.6. The van der Waals surface area contributed by atoms with Crippen LogP contribution in [0.3, 0.4) is 0 Å². The Morgan fingerprint density at radius 1 is 1.35 bits per heavy atom. The van der Waals surface area contributed by atoms with Crippen molar-refractivity contribution in [1.29, 1.82) is 0 Å². The summed E-state index contributed by atoms with van der Waals surface area (Å²) in [6, 6.07) is 2.10. The van der Waals surface area contributed by atoms with Crippen LogP contribution in [0.4, 0.5) is 0 Å². The molecule has 0 aliphatic rings. The quantitative estimate of drug-likeness (QED) is 0.713. The summed E-state index contributed by atoms with van der Waals surface area (Å²) >= 11 is 1.45. The molecule has 0 atom stereocenters. The molecule has 0 aromatic carbocycles. The van der Waals surface area contributed by atoms with Gasteiger partial charge in [-0.1, -0.05) is 26.0 Å². The molecule has 20 heavy (non-hydrogen) atoms. The van der Waals surface area contributed by atoms with E-state index in [9.17, 15) is 8.42 Å². The third kappa shape index (κ3) is 4.56. The molecule has 1 rings (SSSR count). The van der Waals surface area contributed by atoms with Gasteiger partial charge < -0.3 is 5.32 Å². The van der Waals surface area contributed by atoms with Crippen LogP contribution in [0.15, 0.2) is 41.7 Å². The van der Waals surface area contributed by atoms with E-state index in [-0.39, 0.29) is 13.1 Å². The Bertz CT molecular complexity index is 537. The van der Waals surface area contributed by atoms with Gasteiger partial charge in [-0.25, -0.2) is 8.42 Å². The van der Waals surface area contributed by atoms with Crippen molar-refractivity contribution in [2.24, 2.45) is 0 Å². The van der Waals surface area contributed by atoms with Gasteiger partial charge >= 0.3 is 0 Å². The molecule has 0 saturated heterocycles. The predicted molar refractivity (Wildman–Crippen MR) is 85.4 cm³/mol. The van der Waals surface area contributed by atoms with Gasteiger partial charge in [-0.05, 0) is 6.07 Å². The van der Waals surface area contributed by atoms with Gasteiger partial charge in [-0.2, -0.15) is 4.31 Å². The van der Waals surface area contributed by atoms with E-state index in [1.807, 2.05) is 0 Å². The van der Waals surface area contributed by atoms with Gasteiger partial charge in [0.2, 0.25) is 10.0 Å². The normalized spacial score (nSPS) is 12.0. The van der Waals surface area contributed by atoms with Crippen molar-refractivity contribution in [1.82, 2.24) is 9.62 Å². The zero-order chi connectivity index (χ0) is 15.2. The molecule has 0 aliphatic carbocycles. The Hall–Kier alpha value is -0.950. The van der Waals surface area contributed by atoms with Gasteiger partial charge in [0.1, 0.15) is 0 Å². The van der Waals surface area contributed by atoms with Crippen molar-refractivity contribution in [3.8, 4) is 0 Å². The molecule has 0 radical (unpaired) electrons. The Labute approximate surface area is 125 Å². The number of nitrogens with one attached hydrogen (secondary N) is 1. The summed E-state index contributed by atoms with van der Waals surface area (Å²) in [5.41, 5.74) is 0. The lowest BCUT2D eigenvalue weighted by Crippen LogP contribution is -2.31. The summed E-state index contributed by atoms with van der Waals surface area (Å²) in [4.78, 5) is 1.35. The van der Waals surface area contributed by atoms with Crippen LogP contribution >= 0.6 is 11.3 Å². The Morgan fingerprint density at radius 2 is 1.95 bits per heavy atom. The lowest BCUT2D eigenvalue weighted by molar-refractivity contribution is 0.474. The van der Waals surface area contributed by atoms with Crippen molar-refractivity contribution in [3.63, 3.8) is 0 Å². The molecule has 1 heterocycles. The van der Waals surface area contributed by atoms with Crippen LogP contribution in [-0.4, -0.2) is 31.9 Å². The first-order chi connectivity index (χ1) is 9.41. The molecule has 1 aromatic rings. The van der Waals surface area contributed by atoms with E-state index in [0.29, 0.717) is 17.5 Å². The number of hydrogen-bond acceptors (Lipinski definition) is 4. The number of thiophene rings is 1. The molecule has 0 aliphatic heterocycles. The van der Waals surface area contributed by atoms with Crippen LogP contribution in [0.5, 0.6) is 0 Å². The van der Waals surface area contributed by atoms with Crippen molar-refractivity contribution in [2.45, 2.75) is 31.3 Å². The van der Waals surface area contributed by atoms with Gasteiger partial charge in [-0.15, -0.1) is 24.5 Å². The van der Waals surface area contributed by atoms with E-state index < -0.39 is 10.0 Å². The molecule has 4 nitrogen and oxygen atoms in total. The first kappa shape index (κ1) is 17.1. The van der Waals surface area contributed by atoms with Crippen LogP contribution in [0, 0.1) is 0 Å². The maximum atomic E-state index is 12.5. The molecule has 1 aromatic heterocycles. The van der Waals surface area contributed by atoms with Gasteiger partial charge in [0, 0.05) is 35.9 Å². The Kier molecular flexibility index (Phi) is 6.61. The molecule has 112 valence electrons. The zero-order valence-electron chi connectivity index (χ0n) is 12.0. The Balaban J connectivity index is 2.91. The minimum atomic E-state index is -3.47. The molecule has 0 unspecified atom stereocenters. The second-order valence-electron chi connectivity index (χ2n) is 4.68. The van der Waals surface area contributed by atoms with Crippen molar-refractivity contribution < 1.29 is 8.42 Å². The number of hydrogen-bond donors (Lipinski definition) is 1. The monoisotopic (exact) mass is 314 g/mol. The minimum absolute atomic E-state index is 0.282. The first-order valence-corrected chi connectivity index (χ1v) is 8.76. The maximum absolute atomic E-state index is 12.5. The standard InChI is InChI=1S/C14H22N2O2S2/c1-5-7-16(8-6-2)20(17,18)14-9-13(19-11-14)10-15-12(3)4/h5-6,9,11-12,15H,1-2,7-8,10H2,3-4H3. The minimum Gasteiger partial charge on any atom is -0.310 e. The highest BCUT2D eigenvalue weighted by Crippen LogP contribution is 2.22. The fraction of sp³-hybridized carbons (Fsp3) is 0.429. The molecule has 0 saturated carbocycles. The number of sulfonamides is 1.